The van der Waals surface area contributed by atoms with Crippen molar-refractivity contribution in [1.29, 1.82) is 0 Å². The standard InChI is InChI=1S/C11H6ClN3O5S/c12-10-8(15(19)20)5-9(21-10)11(16)13-6-2-1-3-7(4-6)14(17)18/h1-5H,(H,13,16). The Balaban J connectivity index is 2.22. The van der Waals surface area contributed by atoms with Gasteiger partial charge >= 0.3 is 0 Å². The third-order valence-electron chi connectivity index (χ3n) is 2.40. The number of benzene rings is 1. The molecular weight excluding hydrogens is 322 g/mol. The maximum atomic E-state index is 11.9. The van der Waals surface area contributed by atoms with Gasteiger partial charge in [0.2, 0.25) is 0 Å². The molecule has 1 aromatic heterocycles. The molecule has 10 heteroatoms. The van der Waals surface area contributed by atoms with Crippen LogP contribution in [0.1, 0.15) is 9.67 Å². The predicted octanol–water partition coefficient (Wildman–Crippen LogP) is 3.47. The molecule has 1 heterocycles. The quantitative estimate of drug-likeness (QED) is 0.681. The number of nitro groups is 2. The molecule has 0 radical (unpaired) electrons. The van der Waals surface area contributed by atoms with Crippen LogP contribution in [0.25, 0.3) is 0 Å². The largest absolute Gasteiger partial charge is 0.321 e. The van der Waals surface area contributed by atoms with Gasteiger partial charge in [0, 0.05) is 23.9 Å². The van der Waals surface area contributed by atoms with Gasteiger partial charge in [-0.2, -0.15) is 0 Å². The fraction of sp³-hybridized carbons (Fsp3) is 0. The molecule has 8 nitrogen and oxygen atoms in total. The highest BCUT2D eigenvalue weighted by Crippen LogP contribution is 2.34. The Morgan fingerprint density at radius 1 is 1.19 bits per heavy atom. The van der Waals surface area contributed by atoms with E-state index in [-0.39, 0.29) is 26.3 Å². The molecule has 1 aromatic carbocycles. The zero-order valence-electron chi connectivity index (χ0n) is 10.1. The molecule has 0 aliphatic rings. The van der Waals surface area contributed by atoms with E-state index in [0.29, 0.717) is 0 Å². The Bertz CT molecular complexity index is 745. The molecule has 108 valence electrons. The number of anilines is 1. The van der Waals surface area contributed by atoms with Gasteiger partial charge < -0.3 is 5.32 Å². The van der Waals surface area contributed by atoms with Crippen molar-refractivity contribution in [3.8, 4) is 0 Å². The Hall–Kier alpha value is -2.52. The van der Waals surface area contributed by atoms with Crippen molar-refractivity contribution in [1.82, 2.24) is 0 Å². The first-order chi connectivity index (χ1) is 9.88. The molecule has 0 unspecified atom stereocenters. The lowest BCUT2D eigenvalue weighted by atomic mass is 10.2. The summed E-state index contributed by atoms with van der Waals surface area (Å²) >= 11 is 6.42. The van der Waals surface area contributed by atoms with Gasteiger partial charge in [0.15, 0.2) is 4.34 Å². The second kappa shape index (κ2) is 5.85. The van der Waals surface area contributed by atoms with Crippen molar-refractivity contribution in [2.24, 2.45) is 0 Å². The molecule has 0 saturated carbocycles. The van der Waals surface area contributed by atoms with E-state index in [2.05, 4.69) is 5.32 Å². The van der Waals surface area contributed by atoms with Crippen molar-refractivity contribution in [2.45, 2.75) is 0 Å². The first kappa shape index (κ1) is 14.9. The van der Waals surface area contributed by atoms with Gasteiger partial charge in [0.25, 0.3) is 17.3 Å². The number of nitro benzene ring substituents is 1. The third kappa shape index (κ3) is 3.33. The van der Waals surface area contributed by atoms with Crippen LogP contribution in [0.3, 0.4) is 0 Å². The van der Waals surface area contributed by atoms with Gasteiger partial charge in [-0.25, -0.2) is 0 Å². The summed E-state index contributed by atoms with van der Waals surface area (Å²) in [5.74, 6) is -0.629. The second-order valence-corrected chi connectivity index (χ2v) is 5.44. The first-order valence-corrected chi connectivity index (χ1v) is 6.57. The van der Waals surface area contributed by atoms with E-state index in [9.17, 15) is 25.0 Å². The maximum Gasteiger partial charge on any atom is 0.299 e. The number of carbonyl (C=O) groups is 1. The minimum Gasteiger partial charge on any atom is -0.321 e. The van der Waals surface area contributed by atoms with Gasteiger partial charge in [-0.1, -0.05) is 17.7 Å². The van der Waals surface area contributed by atoms with Gasteiger partial charge in [-0.3, -0.25) is 25.0 Å². The molecule has 1 N–H and O–H groups in total. The lowest BCUT2D eigenvalue weighted by Crippen LogP contribution is -2.10. The number of thiophene rings is 1. The van der Waals surface area contributed by atoms with E-state index in [1.54, 1.807) is 0 Å². The van der Waals surface area contributed by atoms with Crippen LogP contribution in [-0.4, -0.2) is 15.8 Å². The Kier molecular flexibility index (Phi) is 4.15. The Morgan fingerprint density at radius 3 is 2.48 bits per heavy atom. The van der Waals surface area contributed by atoms with Gasteiger partial charge in [-0.15, -0.1) is 11.3 Å². The lowest BCUT2D eigenvalue weighted by molar-refractivity contribution is -0.384. The highest BCUT2D eigenvalue weighted by Gasteiger charge is 2.21. The van der Waals surface area contributed by atoms with Crippen LogP contribution in [0.4, 0.5) is 17.1 Å². The molecule has 0 bridgehead atoms. The van der Waals surface area contributed by atoms with E-state index in [0.717, 1.165) is 17.4 Å². The lowest BCUT2D eigenvalue weighted by Gasteiger charge is -2.02. The number of rotatable bonds is 4. The predicted molar refractivity (Wildman–Crippen MR) is 77.0 cm³/mol. The van der Waals surface area contributed by atoms with Gasteiger partial charge in [-0.05, 0) is 6.07 Å². The van der Waals surface area contributed by atoms with E-state index in [1.165, 1.54) is 24.3 Å². The zero-order valence-corrected chi connectivity index (χ0v) is 11.7. The average molecular weight is 328 g/mol. The average Bonchev–Trinajstić information content (AvgIpc) is 2.81. The number of amides is 1. The van der Waals surface area contributed by atoms with Crippen molar-refractivity contribution < 1.29 is 14.6 Å². The van der Waals surface area contributed by atoms with Crippen LogP contribution in [0.2, 0.25) is 4.34 Å². The fourth-order valence-electron chi connectivity index (χ4n) is 1.49. The van der Waals surface area contributed by atoms with E-state index in [1.807, 2.05) is 0 Å². The van der Waals surface area contributed by atoms with E-state index >= 15 is 0 Å². The monoisotopic (exact) mass is 327 g/mol. The van der Waals surface area contributed by atoms with Crippen LogP contribution in [0.15, 0.2) is 30.3 Å². The van der Waals surface area contributed by atoms with Crippen molar-refractivity contribution >= 4 is 45.9 Å². The molecule has 2 rings (SSSR count). The summed E-state index contributed by atoms with van der Waals surface area (Å²) in [6.45, 7) is 0. The number of nitrogens with one attached hydrogen (secondary N) is 1. The molecule has 0 fully saturated rings. The summed E-state index contributed by atoms with van der Waals surface area (Å²) in [5.41, 5.74) is -0.324. The number of nitrogens with zero attached hydrogens (tertiary/aromatic N) is 2. The number of halogens is 1. The molecule has 0 aliphatic heterocycles. The molecule has 0 atom stereocenters. The molecule has 0 saturated heterocycles. The van der Waals surface area contributed by atoms with Crippen LogP contribution in [0, 0.1) is 20.2 Å². The van der Waals surface area contributed by atoms with Gasteiger partial charge in [0.1, 0.15) is 4.88 Å². The second-order valence-electron chi connectivity index (χ2n) is 3.79. The number of non-ortho nitro benzene ring substituents is 1. The molecule has 2 aromatic rings. The Labute approximate surface area is 126 Å². The SMILES string of the molecule is O=C(Nc1cccc([N+](=O)[O-])c1)c1cc([N+](=O)[O-])c(Cl)s1. The van der Waals surface area contributed by atoms with E-state index < -0.39 is 15.8 Å². The highest BCUT2D eigenvalue weighted by atomic mass is 35.5. The van der Waals surface area contributed by atoms with Crippen molar-refractivity contribution in [3.05, 3.63) is 59.8 Å². The molecule has 21 heavy (non-hydrogen) atoms. The topological polar surface area (TPSA) is 115 Å². The summed E-state index contributed by atoms with van der Waals surface area (Å²) < 4.78 is -0.107. The smallest absolute Gasteiger partial charge is 0.299 e. The molecular formula is C11H6ClN3O5S. The zero-order chi connectivity index (χ0) is 15.6. The van der Waals surface area contributed by atoms with Crippen molar-refractivity contribution in [3.63, 3.8) is 0 Å². The minimum atomic E-state index is -0.691. The summed E-state index contributed by atoms with van der Waals surface area (Å²) in [6, 6.07) is 6.40. The number of carbonyl (C=O) groups excluding carboxylic acids is 1. The third-order valence-corrected chi connectivity index (χ3v) is 3.74. The van der Waals surface area contributed by atoms with Crippen LogP contribution < -0.4 is 5.32 Å². The van der Waals surface area contributed by atoms with Crippen LogP contribution in [0.5, 0.6) is 0 Å². The number of hydrogen-bond donors (Lipinski definition) is 1. The summed E-state index contributed by atoms with van der Waals surface area (Å²) in [6.07, 6.45) is 0. The Morgan fingerprint density at radius 2 is 1.90 bits per heavy atom. The number of hydrogen-bond acceptors (Lipinski definition) is 6. The van der Waals surface area contributed by atoms with Crippen LogP contribution in [-0.2, 0) is 0 Å². The fourth-order valence-corrected chi connectivity index (χ4v) is 2.60. The summed E-state index contributed by atoms with van der Waals surface area (Å²) in [5, 5.41) is 23.7. The summed E-state index contributed by atoms with van der Waals surface area (Å²) in [4.78, 5) is 32.0. The normalized spacial score (nSPS) is 10.1. The van der Waals surface area contributed by atoms with Crippen LogP contribution >= 0.6 is 22.9 Å². The minimum absolute atomic E-state index is 0.0400. The molecule has 0 aliphatic carbocycles. The first-order valence-electron chi connectivity index (χ1n) is 5.38. The molecule has 1 amide bonds. The van der Waals surface area contributed by atoms with Crippen molar-refractivity contribution in [2.75, 3.05) is 5.32 Å². The molecule has 0 spiro atoms. The van der Waals surface area contributed by atoms with Gasteiger partial charge in [0.05, 0.1) is 9.85 Å². The van der Waals surface area contributed by atoms with E-state index in [4.69, 9.17) is 11.6 Å². The summed E-state index contributed by atoms with van der Waals surface area (Å²) in [7, 11) is 0. The maximum absolute atomic E-state index is 11.9. The highest BCUT2D eigenvalue weighted by molar-refractivity contribution is 7.18.